The van der Waals surface area contributed by atoms with Crippen LogP contribution in [0.2, 0.25) is 0 Å². The van der Waals surface area contributed by atoms with Crippen LogP contribution in [-0.4, -0.2) is 10.1 Å². The van der Waals surface area contributed by atoms with Crippen LogP contribution in [0, 0.1) is 5.82 Å². The van der Waals surface area contributed by atoms with Crippen molar-refractivity contribution >= 4 is 0 Å². The number of rotatable bonds is 2. The lowest BCUT2D eigenvalue weighted by atomic mass is 10.0. The fourth-order valence-electron chi connectivity index (χ4n) is 1.61. The van der Waals surface area contributed by atoms with Crippen molar-refractivity contribution in [2.24, 2.45) is 0 Å². The quantitative estimate of drug-likeness (QED) is 0.849. The first kappa shape index (κ1) is 13.5. The van der Waals surface area contributed by atoms with E-state index in [1.54, 1.807) is 0 Å². The van der Waals surface area contributed by atoms with Gasteiger partial charge in [0.15, 0.2) is 0 Å². The molecule has 2 nitrogen and oxygen atoms in total. The van der Waals surface area contributed by atoms with Crippen LogP contribution in [0.25, 0.3) is 11.1 Å². The zero-order valence-corrected chi connectivity index (χ0v) is 9.58. The van der Waals surface area contributed by atoms with E-state index in [0.29, 0.717) is 11.1 Å². The van der Waals surface area contributed by atoms with Gasteiger partial charge in [-0.1, -0.05) is 12.1 Å². The Morgan fingerprint density at radius 1 is 1.05 bits per heavy atom. The van der Waals surface area contributed by atoms with E-state index in [-0.39, 0.29) is 5.56 Å². The fourth-order valence-corrected chi connectivity index (χ4v) is 1.61. The van der Waals surface area contributed by atoms with E-state index in [0.717, 1.165) is 18.3 Å². The summed E-state index contributed by atoms with van der Waals surface area (Å²) in [5.74, 6) is -0.564. The Morgan fingerprint density at radius 2 is 1.74 bits per heavy atom. The van der Waals surface area contributed by atoms with Gasteiger partial charge in [0.05, 0.1) is 6.61 Å². The highest BCUT2D eigenvalue weighted by Crippen LogP contribution is 2.29. The first-order chi connectivity index (χ1) is 8.91. The summed E-state index contributed by atoms with van der Waals surface area (Å²) in [6, 6.07) is 6.05. The number of aliphatic hydroxyl groups excluding tert-OH is 1. The van der Waals surface area contributed by atoms with Gasteiger partial charge in [-0.3, -0.25) is 4.98 Å². The first-order valence-electron chi connectivity index (χ1n) is 5.34. The molecule has 1 heterocycles. The predicted octanol–water partition coefficient (Wildman–Crippen LogP) is 3.40. The highest BCUT2D eigenvalue weighted by atomic mass is 19.4. The average Bonchev–Trinajstić information content (AvgIpc) is 2.38. The number of nitrogens with zero attached hydrogens (tertiary/aromatic N) is 1. The van der Waals surface area contributed by atoms with E-state index < -0.39 is 24.3 Å². The molecule has 0 aliphatic carbocycles. The number of aliphatic hydroxyl groups is 1. The van der Waals surface area contributed by atoms with E-state index >= 15 is 0 Å². The lowest BCUT2D eigenvalue weighted by molar-refractivity contribution is -0.141. The Hall–Kier alpha value is -1.95. The second-order valence-corrected chi connectivity index (χ2v) is 3.89. The molecule has 2 rings (SSSR count). The zero-order valence-electron chi connectivity index (χ0n) is 9.58. The largest absolute Gasteiger partial charge is 0.433 e. The maximum Gasteiger partial charge on any atom is 0.433 e. The van der Waals surface area contributed by atoms with Crippen molar-refractivity contribution in [2.75, 3.05) is 0 Å². The third-order valence-electron chi connectivity index (χ3n) is 2.60. The molecular formula is C13H9F4NO. The summed E-state index contributed by atoms with van der Waals surface area (Å²) in [5, 5.41) is 8.94. The van der Waals surface area contributed by atoms with Gasteiger partial charge in [-0.15, -0.1) is 0 Å². The van der Waals surface area contributed by atoms with E-state index in [1.165, 1.54) is 18.2 Å². The number of hydrogen-bond acceptors (Lipinski definition) is 2. The van der Waals surface area contributed by atoms with Gasteiger partial charge in [-0.05, 0) is 23.8 Å². The van der Waals surface area contributed by atoms with E-state index in [9.17, 15) is 17.6 Å². The third-order valence-corrected chi connectivity index (χ3v) is 2.60. The minimum atomic E-state index is -4.49. The monoisotopic (exact) mass is 271 g/mol. The summed E-state index contributed by atoms with van der Waals surface area (Å²) in [4.78, 5) is 3.32. The molecule has 0 unspecified atom stereocenters. The molecule has 0 spiro atoms. The first-order valence-corrected chi connectivity index (χ1v) is 5.34. The van der Waals surface area contributed by atoms with Gasteiger partial charge in [-0.25, -0.2) is 4.39 Å². The number of benzene rings is 1. The van der Waals surface area contributed by atoms with Crippen LogP contribution in [-0.2, 0) is 12.8 Å². The normalized spacial score (nSPS) is 11.6. The molecule has 0 saturated carbocycles. The van der Waals surface area contributed by atoms with E-state index in [4.69, 9.17) is 5.11 Å². The van der Waals surface area contributed by atoms with Gasteiger partial charge in [0.25, 0.3) is 0 Å². The maximum atomic E-state index is 13.2. The second kappa shape index (κ2) is 4.97. The zero-order chi connectivity index (χ0) is 14.0. The molecular weight excluding hydrogens is 262 g/mol. The summed E-state index contributed by atoms with van der Waals surface area (Å²) in [7, 11) is 0. The molecule has 0 bridgehead atoms. The Morgan fingerprint density at radius 3 is 2.26 bits per heavy atom. The minimum absolute atomic E-state index is 0.0809. The van der Waals surface area contributed by atoms with Crippen molar-refractivity contribution < 1.29 is 22.7 Å². The average molecular weight is 271 g/mol. The molecule has 1 aromatic carbocycles. The highest BCUT2D eigenvalue weighted by molar-refractivity contribution is 5.63. The Balaban J connectivity index is 2.37. The molecule has 0 aliphatic rings. The molecule has 100 valence electrons. The van der Waals surface area contributed by atoms with Gasteiger partial charge in [0, 0.05) is 17.3 Å². The topological polar surface area (TPSA) is 33.1 Å². The molecule has 0 saturated heterocycles. The van der Waals surface area contributed by atoms with Crippen molar-refractivity contribution in [3.8, 4) is 11.1 Å². The van der Waals surface area contributed by atoms with Crippen molar-refractivity contribution in [1.29, 1.82) is 0 Å². The summed E-state index contributed by atoms with van der Waals surface area (Å²) in [6.07, 6.45) is -3.42. The highest BCUT2D eigenvalue weighted by Gasteiger charge is 2.32. The SMILES string of the molecule is OCc1cc(-c2ccc(C(F)(F)F)nc2)ccc1F. The number of alkyl halides is 3. The summed E-state index contributed by atoms with van der Waals surface area (Å²) >= 11 is 0. The van der Waals surface area contributed by atoms with Gasteiger partial charge in [0.2, 0.25) is 0 Å². The molecule has 2 aromatic rings. The molecule has 0 amide bonds. The van der Waals surface area contributed by atoms with Gasteiger partial charge >= 0.3 is 6.18 Å². The van der Waals surface area contributed by atoms with Crippen LogP contribution in [0.3, 0.4) is 0 Å². The Labute approximate surface area is 106 Å². The molecule has 1 N–H and O–H groups in total. The number of pyridine rings is 1. The van der Waals surface area contributed by atoms with Crippen molar-refractivity contribution in [3.63, 3.8) is 0 Å². The molecule has 0 radical (unpaired) electrons. The lowest BCUT2D eigenvalue weighted by Gasteiger charge is -2.08. The molecule has 0 atom stereocenters. The molecule has 0 aliphatic heterocycles. The van der Waals surface area contributed by atoms with Crippen molar-refractivity contribution in [1.82, 2.24) is 4.98 Å². The Bertz CT molecular complexity index is 578. The van der Waals surface area contributed by atoms with Crippen LogP contribution in [0.15, 0.2) is 36.5 Å². The van der Waals surface area contributed by atoms with Crippen molar-refractivity contribution in [3.05, 3.63) is 53.6 Å². The smallest absolute Gasteiger partial charge is 0.392 e. The number of aromatic nitrogens is 1. The standard InChI is InChI=1S/C13H9F4NO/c14-11-3-1-8(5-10(11)7-19)9-2-4-12(18-6-9)13(15,16)17/h1-6,19H,7H2. The Kier molecular flexibility index (Phi) is 3.53. The van der Waals surface area contributed by atoms with Crippen LogP contribution < -0.4 is 0 Å². The summed E-state index contributed by atoms with van der Waals surface area (Å²) in [6.45, 7) is -0.478. The van der Waals surface area contributed by atoms with Crippen LogP contribution in [0.1, 0.15) is 11.3 Å². The minimum Gasteiger partial charge on any atom is -0.392 e. The van der Waals surface area contributed by atoms with Gasteiger partial charge in [0.1, 0.15) is 11.5 Å². The molecule has 19 heavy (non-hydrogen) atoms. The molecule has 0 fully saturated rings. The van der Waals surface area contributed by atoms with Crippen LogP contribution in [0.5, 0.6) is 0 Å². The van der Waals surface area contributed by atoms with Crippen LogP contribution >= 0.6 is 0 Å². The number of halogens is 4. The summed E-state index contributed by atoms with van der Waals surface area (Å²) in [5.41, 5.74) is 0.00696. The van der Waals surface area contributed by atoms with Crippen molar-refractivity contribution in [2.45, 2.75) is 12.8 Å². The molecule has 6 heteroatoms. The predicted molar refractivity (Wildman–Crippen MR) is 60.6 cm³/mol. The van der Waals surface area contributed by atoms with Gasteiger partial charge in [-0.2, -0.15) is 13.2 Å². The van der Waals surface area contributed by atoms with Gasteiger partial charge < -0.3 is 5.11 Å². The van der Waals surface area contributed by atoms with Crippen LogP contribution in [0.4, 0.5) is 17.6 Å². The second-order valence-electron chi connectivity index (χ2n) is 3.89. The van der Waals surface area contributed by atoms with E-state index in [1.807, 2.05) is 0 Å². The number of hydrogen-bond donors (Lipinski definition) is 1. The lowest BCUT2D eigenvalue weighted by Crippen LogP contribution is -2.07. The summed E-state index contributed by atoms with van der Waals surface area (Å²) < 4.78 is 50.2. The molecule has 1 aromatic heterocycles. The maximum absolute atomic E-state index is 13.2. The fraction of sp³-hybridized carbons (Fsp3) is 0.154. The third kappa shape index (κ3) is 2.90. The van der Waals surface area contributed by atoms with E-state index in [2.05, 4.69) is 4.98 Å².